The maximum absolute atomic E-state index is 15.0. The third kappa shape index (κ3) is 8.32. The first-order chi connectivity index (χ1) is 21.7. The van der Waals surface area contributed by atoms with Crippen LogP contribution in [-0.2, 0) is 31.9 Å². The van der Waals surface area contributed by atoms with Crippen molar-refractivity contribution in [2.45, 2.75) is 24.4 Å². The Kier molecular flexibility index (Phi) is 10.2. The number of halogens is 5. The third-order valence-electron chi connectivity index (χ3n) is 6.35. The second-order valence-corrected chi connectivity index (χ2v) is 11.9. The van der Waals surface area contributed by atoms with Crippen molar-refractivity contribution in [3.05, 3.63) is 89.6 Å². The van der Waals surface area contributed by atoms with Gasteiger partial charge in [-0.1, -0.05) is 12.1 Å². The fourth-order valence-electron chi connectivity index (χ4n) is 4.17. The van der Waals surface area contributed by atoms with Crippen LogP contribution in [0, 0.1) is 11.6 Å². The molecule has 0 aliphatic rings. The van der Waals surface area contributed by atoms with Crippen molar-refractivity contribution in [2.75, 3.05) is 35.9 Å². The standard InChI is InChI=1S/C30H27F5N6O4S/c1-4-45-29(43)41-46(3,44)21-7-5-6-20(15-21)38-28-37-16-22(27(36-2)40-28)17-8-11-25(24(32)13-17)39-26(42)14-18-12-19(30(33,34)35)9-10-23(18)31/h5-13,15-16H,4,14H2,1-3H3,(H,39,42)(H2,36,37,38,40). The molecular weight excluding hydrogens is 635 g/mol. The molecule has 1 unspecified atom stereocenters. The second-order valence-electron chi connectivity index (χ2n) is 9.67. The zero-order valence-electron chi connectivity index (χ0n) is 24.5. The number of nitrogens with zero attached hydrogens (tertiary/aromatic N) is 3. The molecule has 0 radical (unpaired) electrons. The van der Waals surface area contributed by atoms with Gasteiger partial charge in [-0.3, -0.25) is 4.79 Å². The monoisotopic (exact) mass is 662 g/mol. The van der Waals surface area contributed by atoms with Crippen LogP contribution in [0.1, 0.15) is 18.1 Å². The summed E-state index contributed by atoms with van der Waals surface area (Å²) in [4.78, 5) is 33.1. The molecule has 4 aromatic rings. The number of anilines is 4. The lowest BCUT2D eigenvalue weighted by molar-refractivity contribution is -0.137. The van der Waals surface area contributed by atoms with E-state index in [2.05, 4.69) is 30.3 Å². The molecule has 2 amide bonds. The Morgan fingerprint density at radius 3 is 2.46 bits per heavy atom. The predicted molar refractivity (Wildman–Crippen MR) is 162 cm³/mol. The average molecular weight is 663 g/mol. The highest BCUT2D eigenvalue weighted by Crippen LogP contribution is 2.32. The maximum Gasteiger partial charge on any atom is 0.442 e. The highest BCUT2D eigenvalue weighted by Gasteiger charge is 2.31. The van der Waals surface area contributed by atoms with E-state index in [-0.39, 0.29) is 23.1 Å². The SMILES string of the molecule is CCOC(=O)N=S(C)(=O)c1cccc(Nc2ncc(-c3ccc(NC(=O)Cc4cc(C(F)(F)F)ccc4F)c(F)c3)c(NC)n2)c1. The summed E-state index contributed by atoms with van der Waals surface area (Å²) >= 11 is 0. The van der Waals surface area contributed by atoms with E-state index in [0.717, 1.165) is 6.07 Å². The number of carbonyl (C=O) groups excluding carboxylic acids is 2. The summed E-state index contributed by atoms with van der Waals surface area (Å²) < 4.78 is 89.4. The molecule has 0 spiro atoms. The molecule has 0 fully saturated rings. The fraction of sp³-hybridized carbons (Fsp3) is 0.200. The zero-order chi connectivity index (χ0) is 33.6. The number of amides is 2. The summed E-state index contributed by atoms with van der Waals surface area (Å²) in [6.45, 7) is 1.69. The molecule has 0 aliphatic heterocycles. The van der Waals surface area contributed by atoms with Gasteiger partial charge in [-0.05, 0) is 66.6 Å². The van der Waals surface area contributed by atoms with Gasteiger partial charge in [0.2, 0.25) is 11.9 Å². The van der Waals surface area contributed by atoms with Crippen LogP contribution in [0.3, 0.4) is 0 Å². The van der Waals surface area contributed by atoms with Gasteiger partial charge in [0.15, 0.2) is 0 Å². The van der Waals surface area contributed by atoms with Gasteiger partial charge in [0.25, 0.3) is 0 Å². The summed E-state index contributed by atoms with van der Waals surface area (Å²) in [7, 11) is -1.52. The molecule has 3 aromatic carbocycles. The topological polar surface area (TPSA) is 135 Å². The first-order valence-electron chi connectivity index (χ1n) is 13.5. The maximum atomic E-state index is 15.0. The van der Waals surface area contributed by atoms with Crippen LogP contribution in [0.15, 0.2) is 76.1 Å². The van der Waals surface area contributed by atoms with Crippen molar-refractivity contribution in [3.63, 3.8) is 0 Å². The largest absolute Gasteiger partial charge is 0.448 e. The molecular formula is C30H27F5N6O4S. The molecule has 0 saturated carbocycles. The summed E-state index contributed by atoms with van der Waals surface area (Å²) in [6, 6.07) is 11.8. The van der Waals surface area contributed by atoms with Crippen molar-refractivity contribution in [1.82, 2.24) is 9.97 Å². The van der Waals surface area contributed by atoms with E-state index in [1.54, 1.807) is 32.2 Å². The Morgan fingerprint density at radius 1 is 1.02 bits per heavy atom. The van der Waals surface area contributed by atoms with Gasteiger partial charge in [-0.2, -0.15) is 18.2 Å². The molecule has 242 valence electrons. The Morgan fingerprint density at radius 2 is 1.78 bits per heavy atom. The lowest BCUT2D eigenvalue weighted by Gasteiger charge is -2.13. The minimum absolute atomic E-state index is 0.0859. The van der Waals surface area contributed by atoms with Crippen LogP contribution in [0.4, 0.5) is 49.9 Å². The molecule has 1 heterocycles. The van der Waals surface area contributed by atoms with E-state index in [9.17, 15) is 31.4 Å². The average Bonchev–Trinajstić information content (AvgIpc) is 2.98. The molecule has 46 heavy (non-hydrogen) atoms. The molecule has 10 nitrogen and oxygen atoms in total. The number of ether oxygens (including phenoxy) is 1. The van der Waals surface area contributed by atoms with Crippen LogP contribution in [0.5, 0.6) is 0 Å². The highest BCUT2D eigenvalue weighted by atomic mass is 32.2. The Hall–Kier alpha value is -5.12. The Bertz CT molecular complexity index is 1910. The Labute approximate surface area is 260 Å². The summed E-state index contributed by atoms with van der Waals surface area (Å²) in [5, 5.41) is 8.11. The van der Waals surface area contributed by atoms with Crippen molar-refractivity contribution in [3.8, 4) is 11.1 Å². The second kappa shape index (κ2) is 13.9. The van der Waals surface area contributed by atoms with E-state index >= 15 is 4.39 Å². The smallest absolute Gasteiger partial charge is 0.442 e. The summed E-state index contributed by atoms with van der Waals surface area (Å²) in [5.41, 5.74) is -0.725. The summed E-state index contributed by atoms with van der Waals surface area (Å²) in [5.74, 6) is -2.37. The molecule has 0 bridgehead atoms. The van der Waals surface area contributed by atoms with E-state index in [4.69, 9.17) is 4.74 Å². The number of benzene rings is 3. The molecule has 3 N–H and O–H groups in total. The number of nitrogens with one attached hydrogen (secondary N) is 3. The quantitative estimate of drug-likeness (QED) is 0.163. The van der Waals surface area contributed by atoms with Crippen LogP contribution in [0.2, 0.25) is 0 Å². The number of hydrogen-bond acceptors (Lipinski definition) is 8. The van der Waals surface area contributed by atoms with Gasteiger partial charge in [-0.15, -0.1) is 4.36 Å². The predicted octanol–water partition coefficient (Wildman–Crippen LogP) is 7.02. The minimum Gasteiger partial charge on any atom is -0.448 e. The number of rotatable bonds is 9. The van der Waals surface area contributed by atoms with Crippen LogP contribution in [0.25, 0.3) is 11.1 Å². The van der Waals surface area contributed by atoms with Gasteiger partial charge in [0.1, 0.15) is 17.5 Å². The van der Waals surface area contributed by atoms with E-state index in [1.807, 2.05) is 0 Å². The summed E-state index contributed by atoms with van der Waals surface area (Å²) in [6.07, 6.45) is -3.70. The first kappa shape index (κ1) is 33.8. The van der Waals surface area contributed by atoms with Crippen molar-refractivity contribution in [1.29, 1.82) is 0 Å². The van der Waals surface area contributed by atoms with Gasteiger partial charge in [-0.25, -0.2) is 22.8 Å². The lowest BCUT2D eigenvalue weighted by Crippen LogP contribution is -2.17. The molecule has 1 aromatic heterocycles. The van der Waals surface area contributed by atoms with E-state index in [1.165, 1.54) is 30.7 Å². The molecule has 1 atom stereocenters. The number of alkyl halides is 3. The van der Waals surface area contributed by atoms with Crippen molar-refractivity contribution in [2.24, 2.45) is 4.36 Å². The van der Waals surface area contributed by atoms with Gasteiger partial charge < -0.3 is 20.7 Å². The third-order valence-corrected chi connectivity index (χ3v) is 7.97. The molecule has 16 heteroatoms. The fourth-order valence-corrected chi connectivity index (χ4v) is 5.28. The van der Waals surface area contributed by atoms with Crippen LogP contribution < -0.4 is 16.0 Å². The van der Waals surface area contributed by atoms with E-state index < -0.39 is 57.1 Å². The first-order valence-corrected chi connectivity index (χ1v) is 15.4. The lowest BCUT2D eigenvalue weighted by atomic mass is 10.1. The normalized spacial score (nSPS) is 12.5. The van der Waals surface area contributed by atoms with Crippen molar-refractivity contribution < 1.29 is 40.5 Å². The Balaban J connectivity index is 1.50. The number of aromatic nitrogens is 2. The van der Waals surface area contributed by atoms with E-state index in [0.29, 0.717) is 40.8 Å². The van der Waals surface area contributed by atoms with Gasteiger partial charge in [0.05, 0.1) is 34.0 Å². The zero-order valence-corrected chi connectivity index (χ0v) is 25.4. The minimum atomic E-state index is -4.72. The van der Waals surface area contributed by atoms with Crippen LogP contribution in [-0.4, -0.2) is 46.1 Å². The van der Waals surface area contributed by atoms with Crippen LogP contribution >= 0.6 is 0 Å². The highest BCUT2D eigenvalue weighted by molar-refractivity contribution is 7.93. The molecule has 0 aliphatic carbocycles. The molecule has 0 saturated heterocycles. The number of hydrogen-bond donors (Lipinski definition) is 3. The van der Waals surface area contributed by atoms with Crippen molar-refractivity contribution >= 4 is 44.9 Å². The number of carbonyl (C=O) groups is 2. The van der Waals surface area contributed by atoms with Gasteiger partial charge >= 0.3 is 12.3 Å². The van der Waals surface area contributed by atoms with Gasteiger partial charge in [0, 0.05) is 35.6 Å². The molecule has 4 rings (SSSR count).